The molecule has 18 heavy (non-hydrogen) atoms. The second-order valence-electron chi connectivity index (χ2n) is 5.00. The van der Waals surface area contributed by atoms with Gasteiger partial charge in [-0.2, -0.15) is 0 Å². The van der Waals surface area contributed by atoms with Gasteiger partial charge in [-0.25, -0.2) is 4.79 Å². The van der Waals surface area contributed by atoms with Crippen LogP contribution in [-0.2, 0) is 13.0 Å². The fraction of sp³-hybridized carbons (Fsp3) is 0.400. The van der Waals surface area contributed by atoms with Crippen molar-refractivity contribution in [1.82, 2.24) is 9.13 Å². The van der Waals surface area contributed by atoms with E-state index in [0.29, 0.717) is 6.04 Å². The van der Waals surface area contributed by atoms with Gasteiger partial charge in [0.2, 0.25) is 0 Å². The van der Waals surface area contributed by atoms with E-state index in [2.05, 4.69) is 24.3 Å². The smallest absolute Gasteiger partial charge is 0.299 e. The van der Waals surface area contributed by atoms with Crippen LogP contribution in [0.15, 0.2) is 47.5 Å². The summed E-state index contributed by atoms with van der Waals surface area (Å²) < 4.78 is 3.71. The Morgan fingerprint density at radius 3 is 2.61 bits per heavy atom. The lowest BCUT2D eigenvalue weighted by atomic mass is 10.1. The fourth-order valence-corrected chi connectivity index (χ4v) is 2.33. The quantitative estimate of drug-likeness (QED) is 0.791. The van der Waals surface area contributed by atoms with Gasteiger partial charge < -0.3 is 0 Å². The highest BCUT2D eigenvalue weighted by Gasteiger charge is 2.25. The summed E-state index contributed by atoms with van der Waals surface area (Å²) in [7, 11) is 0. The average molecular weight is 242 g/mol. The summed E-state index contributed by atoms with van der Waals surface area (Å²) in [6, 6.07) is 10.9. The molecule has 0 aliphatic heterocycles. The Balaban J connectivity index is 1.59. The molecule has 0 radical (unpaired) electrons. The van der Waals surface area contributed by atoms with Gasteiger partial charge in [-0.15, -0.1) is 0 Å². The molecule has 94 valence electrons. The summed E-state index contributed by atoms with van der Waals surface area (Å²) in [6.07, 6.45) is 8.22. The molecule has 0 bridgehead atoms. The van der Waals surface area contributed by atoms with E-state index in [0.717, 1.165) is 32.2 Å². The van der Waals surface area contributed by atoms with Crippen molar-refractivity contribution in [2.75, 3.05) is 0 Å². The second kappa shape index (κ2) is 4.84. The van der Waals surface area contributed by atoms with Crippen molar-refractivity contribution in [3.05, 3.63) is 58.8 Å². The first-order valence-corrected chi connectivity index (χ1v) is 6.66. The highest BCUT2D eigenvalue weighted by atomic mass is 16.1. The number of imidazole rings is 1. The molecule has 2 aromatic rings. The van der Waals surface area contributed by atoms with Crippen molar-refractivity contribution in [3.8, 4) is 0 Å². The number of nitrogens with zero attached hydrogens (tertiary/aromatic N) is 2. The first kappa shape index (κ1) is 11.3. The second-order valence-corrected chi connectivity index (χ2v) is 5.00. The number of rotatable bonds is 5. The third-order valence-electron chi connectivity index (χ3n) is 3.52. The Hall–Kier alpha value is -1.77. The van der Waals surface area contributed by atoms with Gasteiger partial charge in [0.15, 0.2) is 0 Å². The maximum atomic E-state index is 12.0. The Labute approximate surface area is 107 Å². The Bertz CT molecular complexity index is 564. The minimum absolute atomic E-state index is 0.158. The molecule has 3 nitrogen and oxygen atoms in total. The van der Waals surface area contributed by atoms with Gasteiger partial charge >= 0.3 is 5.69 Å². The van der Waals surface area contributed by atoms with Crippen LogP contribution in [0.5, 0.6) is 0 Å². The molecule has 1 aliphatic carbocycles. The van der Waals surface area contributed by atoms with Crippen LogP contribution in [0.2, 0.25) is 0 Å². The van der Waals surface area contributed by atoms with E-state index < -0.39 is 0 Å². The highest BCUT2D eigenvalue weighted by Crippen LogP contribution is 2.33. The van der Waals surface area contributed by atoms with E-state index in [1.54, 1.807) is 0 Å². The van der Waals surface area contributed by atoms with Crippen molar-refractivity contribution < 1.29 is 0 Å². The lowest BCUT2D eigenvalue weighted by molar-refractivity contribution is 0.592. The first-order chi connectivity index (χ1) is 8.84. The first-order valence-electron chi connectivity index (χ1n) is 6.66. The van der Waals surface area contributed by atoms with Crippen LogP contribution in [0.25, 0.3) is 0 Å². The van der Waals surface area contributed by atoms with Crippen molar-refractivity contribution in [2.45, 2.75) is 38.3 Å². The van der Waals surface area contributed by atoms with E-state index >= 15 is 0 Å². The van der Waals surface area contributed by atoms with Crippen LogP contribution in [0.4, 0.5) is 0 Å². The SMILES string of the molecule is O=c1n(CCCc2ccccc2)ccn1C1CC1. The van der Waals surface area contributed by atoms with Gasteiger partial charge in [0, 0.05) is 25.0 Å². The minimum Gasteiger partial charge on any atom is -0.299 e. The third kappa shape index (κ3) is 2.40. The predicted molar refractivity (Wildman–Crippen MR) is 71.7 cm³/mol. The molecule has 3 rings (SSSR count). The molecule has 1 aromatic heterocycles. The van der Waals surface area contributed by atoms with Gasteiger partial charge in [-0.1, -0.05) is 30.3 Å². The summed E-state index contributed by atoms with van der Waals surface area (Å²) in [5.74, 6) is 0. The summed E-state index contributed by atoms with van der Waals surface area (Å²) >= 11 is 0. The van der Waals surface area contributed by atoms with E-state index in [-0.39, 0.29) is 5.69 Å². The van der Waals surface area contributed by atoms with Gasteiger partial charge in [0.05, 0.1) is 0 Å². The lowest BCUT2D eigenvalue weighted by Gasteiger charge is -2.02. The fourth-order valence-electron chi connectivity index (χ4n) is 2.33. The molecule has 3 heteroatoms. The Morgan fingerprint density at radius 2 is 1.89 bits per heavy atom. The zero-order chi connectivity index (χ0) is 12.4. The molecule has 1 aromatic carbocycles. The van der Waals surface area contributed by atoms with E-state index in [4.69, 9.17) is 0 Å². The minimum atomic E-state index is 0.158. The maximum absolute atomic E-state index is 12.0. The Kier molecular flexibility index (Phi) is 3.05. The summed E-state index contributed by atoms with van der Waals surface area (Å²) in [4.78, 5) is 12.0. The number of hydrogen-bond donors (Lipinski definition) is 0. The van der Waals surface area contributed by atoms with Crippen LogP contribution in [-0.4, -0.2) is 9.13 Å². The highest BCUT2D eigenvalue weighted by molar-refractivity contribution is 5.14. The van der Waals surface area contributed by atoms with Crippen molar-refractivity contribution in [1.29, 1.82) is 0 Å². The molecule has 1 saturated carbocycles. The molecule has 0 amide bonds. The van der Waals surface area contributed by atoms with Gasteiger partial charge in [-0.3, -0.25) is 9.13 Å². The molecule has 0 N–H and O–H groups in total. The van der Waals surface area contributed by atoms with Crippen LogP contribution >= 0.6 is 0 Å². The van der Waals surface area contributed by atoms with Crippen LogP contribution in [0, 0.1) is 0 Å². The number of aromatic nitrogens is 2. The summed E-state index contributed by atoms with van der Waals surface area (Å²) in [5, 5.41) is 0. The van der Waals surface area contributed by atoms with Gasteiger partial charge in [0.25, 0.3) is 0 Å². The number of benzene rings is 1. The maximum Gasteiger partial charge on any atom is 0.328 e. The summed E-state index contributed by atoms with van der Waals surface area (Å²) in [5.41, 5.74) is 1.50. The third-order valence-corrected chi connectivity index (χ3v) is 3.52. The molecular formula is C15H18N2O. The molecule has 0 spiro atoms. The van der Waals surface area contributed by atoms with Crippen LogP contribution in [0.1, 0.15) is 30.9 Å². The van der Waals surface area contributed by atoms with Gasteiger partial charge in [-0.05, 0) is 31.2 Å². The zero-order valence-electron chi connectivity index (χ0n) is 10.5. The zero-order valence-corrected chi connectivity index (χ0v) is 10.5. The largest absolute Gasteiger partial charge is 0.328 e. The van der Waals surface area contributed by atoms with E-state index in [1.165, 1.54) is 5.56 Å². The number of hydrogen-bond acceptors (Lipinski definition) is 1. The van der Waals surface area contributed by atoms with Crippen molar-refractivity contribution >= 4 is 0 Å². The lowest BCUT2D eigenvalue weighted by Crippen LogP contribution is -2.23. The van der Waals surface area contributed by atoms with E-state index in [9.17, 15) is 4.79 Å². The van der Waals surface area contributed by atoms with Gasteiger partial charge in [0.1, 0.15) is 0 Å². The van der Waals surface area contributed by atoms with Crippen LogP contribution in [0.3, 0.4) is 0 Å². The normalized spacial score (nSPS) is 14.9. The monoisotopic (exact) mass is 242 g/mol. The average Bonchev–Trinajstić information content (AvgIpc) is 3.17. The van der Waals surface area contributed by atoms with E-state index in [1.807, 2.05) is 27.6 Å². The summed E-state index contributed by atoms with van der Waals surface area (Å²) in [6.45, 7) is 0.813. The molecule has 0 unspecified atom stereocenters. The molecule has 0 saturated heterocycles. The molecule has 1 fully saturated rings. The van der Waals surface area contributed by atoms with Crippen molar-refractivity contribution in [2.24, 2.45) is 0 Å². The molecule has 1 aliphatic rings. The Morgan fingerprint density at radius 1 is 1.11 bits per heavy atom. The number of aryl methyl sites for hydroxylation is 2. The topological polar surface area (TPSA) is 26.9 Å². The predicted octanol–water partition coefficient (Wildman–Crippen LogP) is 2.62. The molecule has 1 heterocycles. The van der Waals surface area contributed by atoms with Crippen LogP contribution < -0.4 is 5.69 Å². The molecule has 0 atom stereocenters. The molecular weight excluding hydrogens is 224 g/mol. The standard InChI is InChI=1S/C15H18N2O/c18-15-16(11-12-17(15)14-8-9-14)10-4-7-13-5-2-1-3-6-13/h1-3,5-6,11-12,14H,4,7-10H2. The van der Waals surface area contributed by atoms with Crippen molar-refractivity contribution in [3.63, 3.8) is 0 Å².